The van der Waals surface area contributed by atoms with Gasteiger partial charge in [-0.1, -0.05) is 46.4 Å². The van der Waals surface area contributed by atoms with Gasteiger partial charge in [-0.3, -0.25) is 0 Å². The lowest BCUT2D eigenvalue weighted by Gasteiger charge is -2.26. The number of piperazine rings is 1. The molecular weight excluding hydrogens is 342 g/mol. The zero-order valence-electron chi connectivity index (χ0n) is 10.6. The molecule has 110 valence electrons. The number of rotatable bonds is 4. The van der Waals surface area contributed by atoms with Crippen molar-refractivity contribution in [2.75, 3.05) is 26.2 Å². The van der Waals surface area contributed by atoms with Crippen molar-refractivity contribution in [3.05, 3.63) is 38.3 Å². The molecule has 0 aliphatic carbocycles. The van der Waals surface area contributed by atoms with E-state index >= 15 is 0 Å². The van der Waals surface area contributed by atoms with E-state index in [1.165, 1.54) is 0 Å². The van der Waals surface area contributed by atoms with Crippen LogP contribution in [0, 0.1) is 0 Å². The quantitative estimate of drug-likeness (QED) is 0.858. The number of halogens is 4. The van der Waals surface area contributed by atoms with Crippen LogP contribution in [0.15, 0.2) is 22.7 Å². The fraction of sp³-hybridized carbons (Fsp3) is 0.385. The monoisotopic (exact) mass is 354 g/mol. The maximum Gasteiger partial charge on any atom is 0.122 e. The molecule has 1 aliphatic heterocycles. The van der Waals surface area contributed by atoms with Gasteiger partial charge >= 0.3 is 0 Å². The average molecular weight is 356 g/mol. The molecule has 1 unspecified atom stereocenters. The van der Waals surface area contributed by atoms with Crippen LogP contribution in [0.3, 0.4) is 0 Å². The van der Waals surface area contributed by atoms with Crippen molar-refractivity contribution >= 4 is 46.4 Å². The molecule has 1 fully saturated rings. The van der Waals surface area contributed by atoms with Gasteiger partial charge < -0.3 is 15.4 Å². The molecule has 20 heavy (non-hydrogen) atoms. The molecule has 0 radical (unpaired) electrons. The van der Waals surface area contributed by atoms with Crippen LogP contribution in [0.4, 0.5) is 0 Å². The Morgan fingerprint density at radius 1 is 1.25 bits per heavy atom. The van der Waals surface area contributed by atoms with Crippen molar-refractivity contribution in [3.63, 3.8) is 0 Å². The fourth-order valence-electron chi connectivity index (χ4n) is 2.04. The molecule has 0 bridgehead atoms. The molecule has 1 heterocycles. The number of hydrogen-bond donors (Lipinski definition) is 2. The maximum absolute atomic E-state index is 6.31. The predicted molar refractivity (Wildman–Crippen MR) is 85.4 cm³/mol. The molecule has 0 spiro atoms. The summed E-state index contributed by atoms with van der Waals surface area (Å²) < 4.78 is 5.63. The van der Waals surface area contributed by atoms with Crippen molar-refractivity contribution in [1.82, 2.24) is 10.6 Å². The molecule has 1 aliphatic rings. The van der Waals surface area contributed by atoms with Gasteiger partial charge in [-0.25, -0.2) is 0 Å². The van der Waals surface area contributed by atoms with E-state index in [-0.39, 0.29) is 17.1 Å². The zero-order valence-corrected chi connectivity index (χ0v) is 13.6. The second kappa shape index (κ2) is 7.74. The van der Waals surface area contributed by atoms with Gasteiger partial charge in [0, 0.05) is 31.2 Å². The first-order valence-corrected chi connectivity index (χ1v) is 7.66. The number of hydrogen-bond acceptors (Lipinski definition) is 3. The summed E-state index contributed by atoms with van der Waals surface area (Å²) in [4.78, 5) is 0. The second-order valence-electron chi connectivity index (χ2n) is 4.32. The molecule has 3 nitrogen and oxygen atoms in total. The molecular formula is C13H14Cl4N2O. The minimum atomic E-state index is 0.106. The van der Waals surface area contributed by atoms with Crippen LogP contribution >= 0.6 is 46.4 Å². The first-order chi connectivity index (χ1) is 9.58. The highest BCUT2D eigenvalue weighted by Gasteiger charge is 2.20. The molecule has 0 amide bonds. The highest BCUT2D eigenvalue weighted by atomic mass is 35.5. The molecule has 1 aromatic carbocycles. The highest BCUT2D eigenvalue weighted by molar-refractivity contribution is 6.55. The van der Waals surface area contributed by atoms with Crippen LogP contribution in [0.1, 0.15) is 11.6 Å². The smallest absolute Gasteiger partial charge is 0.122 e. The number of nitrogens with one attached hydrogen (secondary N) is 2. The van der Waals surface area contributed by atoms with Gasteiger partial charge in [0.2, 0.25) is 0 Å². The molecule has 0 saturated carbocycles. The molecule has 0 aromatic heterocycles. The van der Waals surface area contributed by atoms with E-state index in [2.05, 4.69) is 10.6 Å². The summed E-state index contributed by atoms with van der Waals surface area (Å²) in [5.74, 6) is 0.582. The summed E-state index contributed by atoms with van der Waals surface area (Å²) in [7, 11) is 0. The third-order valence-corrected chi connectivity index (χ3v) is 3.86. The maximum atomic E-state index is 6.31. The SMILES string of the molecule is ClC(Cl)=CCOc1cc(Cl)c(C2CNCCN2)c(Cl)c1. The zero-order chi connectivity index (χ0) is 14.5. The molecule has 2 N–H and O–H groups in total. The lowest BCUT2D eigenvalue weighted by Crippen LogP contribution is -2.42. The third kappa shape index (κ3) is 4.42. The average Bonchev–Trinajstić information content (AvgIpc) is 2.38. The van der Waals surface area contributed by atoms with E-state index in [9.17, 15) is 0 Å². The molecule has 1 aromatic rings. The van der Waals surface area contributed by atoms with Crippen LogP contribution < -0.4 is 15.4 Å². The van der Waals surface area contributed by atoms with Crippen LogP contribution in [0.25, 0.3) is 0 Å². The minimum Gasteiger partial charge on any atom is -0.489 e. The van der Waals surface area contributed by atoms with Crippen LogP contribution in [-0.2, 0) is 0 Å². The Balaban J connectivity index is 2.13. The first-order valence-electron chi connectivity index (χ1n) is 6.15. The van der Waals surface area contributed by atoms with E-state index in [1.54, 1.807) is 18.2 Å². The summed E-state index contributed by atoms with van der Waals surface area (Å²) in [6.07, 6.45) is 1.55. The second-order valence-corrected chi connectivity index (χ2v) is 6.14. The van der Waals surface area contributed by atoms with Crippen molar-refractivity contribution in [2.24, 2.45) is 0 Å². The lowest BCUT2D eigenvalue weighted by atomic mass is 10.0. The number of ether oxygens (including phenoxy) is 1. The molecule has 7 heteroatoms. The summed E-state index contributed by atoms with van der Waals surface area (Å²) in [6.45, 7) is 2.88. The number of benzene rings is 1. The van der Waals surface area contributed by atoms with E-state index in [4.69, 9.17) is 51.1 Å². The van der Waals surface area contributed by atoms with E-state index in [1.807, 2.05) is 0 Å². The Morgan fingerprint density at radius 3 is 2.50 bits per heavy atom. The Morgan fingerprint density at radius 2 is 1.95 bits per heavy atom. The Kier molecular flexibility index (Phi) is 6.27. The van der Waals surface area contributed by atoms with Crippen molar-refractivity contribution < 1.29 is 4.74 Å². The lowest BCUT2D eigenvalue weighted by molar-refractivity contribution is 0.362. The predicted octanol–water partition coefficient (Wildman–Crippen LogP) is 3.93. The van der Waals surface area contributed by atoms with Crippen molar-refractivity contribution in [3.8, 4) is 5.75 Å². The van der Waals surface area contributed by atoms with E-state index in [0.717, 1.165) is 25.2 Å². The van der Waals surface area contributed by atoms with Crippen LogP contribution in [0.2, 0.25) is 10.0 Å². The fourth-order valence-corrected chi connectivity index (χ4v) is 2.89. The van der Waals surface area contributed by atoms with Crippen molar-refractivity contribution in [2.45, 2.75) is 6.04 Å². The summed E-state index contributed by atoms with van der Waals surface area (Å²) in [5.41, 5.74) is 0.888. The molecule has 1 atom stereocenters. The van der Waals surface area contributed by atoms with Gasteiger partial charge in [0.1, 0.15) is 16.8 Å². The Bertz CT molecular complexity index is 474. The first kappa shape index (κ1) is 16.2. The van der Waals surface area contributed by atoms with Gasteiger partial charge in [0.15, 0.2) is 0 Å². The largest absolute Gasteiger partial charge is 0.489 e. The Labute approximate surface area is 138 Å². The van der Waals surface area contributed by atoms with Crippen LogP contribution in [-0.4, -0.2) is 26.2 Å². The third-order valence-electron chi connectivity index (χ3n) is 2.93. The normalized spacial score (nSPS) is 18.7. The summed E-state index contributed by atoms with van der Waals surface area (Å²) in [5, 5.41) is 7.84. The van der Waals surface area contributed by atoms with Crippen LogP contribution in [0.5, 0.6) is 5.75 Å². The van der Waals surface area contributed by atoms with Gasteiger partial charge in [-0.2, -0.15) is 0 Å². The van der Waals surface area contributed by atoms with Gasteiger partial charge in [-0.05, 0) is 18.2 Å². The summed E-state index contributed by atoms with van der Waals surface area (Å²) >= 11 is 23.6. The van der Waals surface area contributed by atoms with Gasteiger partial charge in [0.25, 0.3) is 0 Å². The topological polar surface area (TPSA) is 33.3 Å². The Hall–Kier alpha value is -0.160. The van der Waals surface area contributed by atoms with Crippen molar-refractivity contribution in [1.29, 1.82) is 0 Å². The molecule has 2 rings (SSSR count). The van der Waals surface area contributed by atoms with E-state index in [0.29, 0.717) is 15.8 Å². The summed E-state index contributed by atoms with van der Waals surface area (Å²) in [6, 6.07) is 3.60. The van der Waals surface area contributed by atoms with Gasteiger partial charge in [0.05, 0.1) is 10.0 Å². The minimum absolute atomic E-state index is 0.106. The van der Waals surface area contributed by atoms with Gasteiger partial charge in [-0.15, -0.1) is 0 Å². The highest BCUT2D eigenvalue weighted by Crippen LogP contribution is 2.34. The standard InChI is InChI=1S/C13H14Cl4N2O/c14-9-5-8(20-4-1-12(16)17)6-10(15)13(9)11-7-18-2-3-19-11/h1,5-6,11,18-19H,2-4,7H2. The van der Waals surface area contributed by atoms with E-state index < -0.39 is 0 Å². The molecule has 1 saturated heterocycles.